The van der Waals surface area contributed by atoms with Crippen molar-refractivity contribution in [2.24, 2.45) is 17.8 Å². The summed E-state index contributed by atoms with van der Waals surface area (Å²) in [5.41, 5.74) is 0. The van der Waals surface area contributed by atoms with Crippen molar-refractivity contribution in [3.63, 3.8) is 0 Å². The summed E-state index contributed by atoms with van der Waals surface area (Å²) in [6.45, 7) is 6.73. The van der Waals surface area contributed by atoms with Crippen LogP contribution in [0.3, 0.4) is 0 Å². The summed E-state index contributed by atoms with van der Waals surface area (Å²) in [5.74, 6) is 2.28. The molecule has 124 valence electrons. The largest absolute Gasteiger partial charge is 0.379 e. The van der Waals surface area contributed by atoms with E-state index in [1.165, 1.54) is 25.7 Å². The van der Waals surface area contributed by atoms with Gasteiger partial charge in [0.1, 0.15) is 0 Å². The Morgan fingerprint density at radius 1 is 1.29 bits per heavy atom. The summed E-state index contributed by atoms with van der Waals surface area (Å²) < 4.78 is 5.60. The second-order valence-corrected chi connectivity index (χ2v) is 6.60. The van der Waals surface area contributed by atoms with E-state index >= 15 is 0 Å². The molecule has 0 aromatic heterocycles. The molecule has 0 aromatic carbocycles. The third kappa shape index (κ3) is 6.98. The zero-order chi connectivity index (χ0) is 14.4. The van der Waals surface area contributed by atoms with Gasteiger partial charge in [-0.15, -0.1) is 12.4 Å². The van der Waals surface area contributed by atoms with Crippen LogP contribution in [0.1, 0.15) is 39.0 Å². The number of nitrogens with one attached hydrogen (secondary N) is 1. The smallest absolute Gasteiger partial charge is 0.222 e. The first kappa shape index (κ1) is 18.7. The molecule has 1 aliphatic carbocycles. The molecule has 1 amide bonds. The first-order valence-electron chi connectivity index (χ1n) is 8.19. The number of amides is 1. The predicted octanol–water partition coefficient (Wildman–Crippen LogP) is 2.32. The minimum Gasteiger partial charge on any atom is -0.379 e. The molecule has 1 unspecified atom stereocenters. The Kier molecular flexibility index (Phi) is 8.60. The van der Waals surface area contributed by atoms with Crippen LogP contribution in [0.5, 0.6) is 0 Å². The average Bonchev–Trinajstić information content (AvgIpc) is 3.28. The van der Waals surface area contributed by atoms with Gasteiger partial charge in [0.2, 0.25) is 5.91 Å². The van der Waals surface area contributed by atoms with Crippen molar-refractivity contribution in [2.75, 3.05) is 39.9 Å². The van der Waals surface area contributed by atoms with Gasteiger partial charge in [-0.25, -0.2) is 0 Å². The summed E-state index contributed by atoms with van der Waals surface area (Å²) in [5, 5.41) is 3.38. The zero-order valence-electron chi connectivity index (χ0n) is 13.5. The van der Waals surface area contributed by atoms with E-state index in [9.17, 15) is 4.79 Å². The van der Waals surface area contributed by atoms with Gasteiger partial charge in [-0.05, 0) is 56.5 Å². The van der Waals surface area contributed by atoms with E-state index in [4.69, 9.17) is 4.74 Å². The molecule has 2 fully saturated rings. The second-order valence-electron chi connectivity index (χ2n) is 6.60. The standard InChI is InChI=1S/C16H30N2O2.ClH/c1-13(15-5-7-17-8-6-15)11-16(19)18(2)9-10-20-12-14-3-4-14;/h13-15,17H,3-12H2,1-2H3;1H. The van der Waals surface area contributed by atoms with Crippen LogP contribution < -0.4 is 5.32 Å². The molecule has 2 rings (SSSR count). The van der Waals surface area contributed by atoms with Gasteiger partial charge >= 0.3 is 0 Å². The molecule has 1 heterocycles. The Morgan fingerprint density at radius 2 is 1.95 bits per heavy atom. The lowest BCUT2D eigenvalue weighted by molar-refractivity contribution is -0.132. The van der Waals surface area contributed by atoms with Gasteiger partial charge in [-0.1, -0.05) is 6.92 Å². The van der Waals surface area contributed by atoms with Crippen LogP contribution in [0.25, 0.3) is 0 Å². The van der Waals surface area contributed by atoms with E-state index in [2.05, 4.69) is 12.2 Å². The molecule has 1 N–H and O–H groups in total. The Hall–Kier alpha value is -0.320. The van der Waals surface area contributed by atoms with Gasteiger partial charge in [0, 0.05) is 26.6 Å². The first-order chi connectivity index (χ1) is 9.66. The molecule has 0 aromatic rings. The molecule has 4 nitrogen and oxygen atoms in total. The molecule has 1 saturated carbocycles. The quantitative estimate of drug-likeness (QED) is 0.698. The van der Waals surface area contributed by atoms with E-state index in [-0.39, 0.29) is 18.3 Å². The summed E-state index contributed by atoms with van der Waals surface area (Å²) in [6, 6.07) is 0. The van der Waals surface area contributed by atoms with Crippen molar-refractivity contribution in [1.82, 2.24) is 10.2 Å². The van der Waals surface area contributed by atoms with Crippen LogP contribution in [0.15, 0.2) is 0 Å². The van der Waals surface area contributed by atoms with E-state index in [0.29, 0.717) is 24.9 Å². The fourth-order valence-electron chi connectivity index (χ4n) is 2.87. The average molecular weight is 319 g/mol. The van der Waals surface area contributed by atoms with Gasteiger partial charge in [0.05, 0.1) is 6.61 Å². The maximum atomic E-state index is 12.2. The van der Waals surface area contributed by atoms with Crippen LogP contribution in [0.4, 0.5) is 0 Å². The number of hydrogen-bond donors (Lipinski definition) is 1. The molecular formula is C16H31ClN2O2. The SMILES string of the molecule is CC(CC(=O)N(C)CCOCC1CC1)C1CCNCC1.Cl. The number of ether oxygens (including phenoxy) is 1. The van der Waals surface area contributed by atoms with Crippen LogP contribution in [0.2, 0.25) is 0 Å². The van der Waals surface area contributed by atoms with Crippen molar-refractivity contribution in [3.8, 4) is 0 Å². The van der Waals surface area contributed by atoms with Crippen LogP contribution in [0, 0.1) is 17.8 Å². The van der Waals surface area contributed by atoms with E-state index < -0.39 is 0 Å². The fourth-order valence-corrected chi connectivity index (χ4v) is 2.87. The molecule has 21 heavy (non-hydrogen) atoms. The first-order valence-corrected chi connectivity index (χ1v) is 8.19. The molecule has 5 heteroatoms. The van der Waals surface area contributed by atoms with Crippen molar-refractivity contribution in [2.45, 2.75) is 39.0 Å². The minimum atomic E-state index is 0. The summed E-state index contributed by atoms with van der Waals surface area (Å²) >= 11 is 0. The molecule has 1 saturated heterocycles. The molecule has 1 aliphatic heterocycles. The summed E-state index contributed by atoms with van der Waals surface area (Å²) in [6.07, 6.45) is 5.75. The van der Waals surface area contributed by atoms with Gasteiger partial charge < -0.3 is 15.0 Å². The normalized spacial score (nSPS) is 20.7. The van der Waals surface area contributed by atoms with E-state index in [0.717, 1.165) is 32.2 Å². The number of likely N-dealkylation sites (N-methyl/N-ethyl adjacent to an activating group) is 1. The Balaban J connectivity index is 0.00000220. The number of rotatable bonds is 8. The lowest BCUT2D eigenvalue weighted by Gasteiger charge is -2.29. The lowest BCUT2D eigenvalue weighted by Crippen LogP contribution is -2.35. The Bertz CT molecular complexity index is 305. The van der Waals surface area contributed by atoms with Crippen molar-refractivity contribution < 1.29 is 9.53 Å². The van der Waals surface area contributed by atoms with Gasteiger partial charge in [-0.2, -0.15) is 0 Å². The van der Waals surface area contributed by atoms with Gasteiger partial charge in [0.25, 0.3) is 0 Å². The number of piperidine rings is 1. The van der Waals surface area contributed by atoms with E-state index in [1.54, 1.807) is 0 Å². The third-order valence-corrected chi connectivity index (χ3v) is 4.73. The number of nitrogens with zero attached hydrogens (tertiary/aromatic N) is 1. The molecule has 0 spiro atoms. The monoisotopic (exact) mass is 318 g/mol. The highest BCUT2D eigenvalue weighted by atomic mass is 35.5. The summed E-state index contributed by atoms with van der Waals surface area (Å²) in [4.78, 5) is 14.0. The van der Waals surface area contributed by atoms with Crippen LogP contribution in [-0.4, -0.2) is 50.7 Å². The highest BCUT2D eigenvalue weighted by Gasteiger charge is 2.24. The van der Waals surface area contributed by atoms with Gasteiger partial charge in [0.15, 0.2) is 0 Å². The van der Waals surface area contributed by atoms with Crippen LogP contribution in [-0.2, 0) is 9.53 Å². The highest BCUT2D eigenvalue weighted by Crippen LogP contribution is 2.28. The summed E-state index contributed by atoms with van der Waals surface area (Å²) in [7, 11) is 1.90. The van der Waals surface area contributed by atoms with Gasteiger partial charge in [-0.3, -0.25) is 4.79 Å². The minimum absolute atomic E-state index is 0. The molecule has 0 radical (unpaired) electrons. The molecule has 1 atom stereocenters. The number of hydrogen-bond acceptors (Lipinski definition) is 3. The van der Waals surface area contributed by atoms with Crippen molar-refractivity contribution in [3.05, 3.63) is 0 Å². The predicted molar refractivity (Wildman–Crippen MR) is 87.8 cm³/mol. The molecular weight excluding hydrogens is 288 g/mol. The third-order valence-electron chi connectivity index (χ3n) is 4.73. The zero-order valence-corrected chi connectivity index (χ0v) is 14.3. The molecule has 2 aliphatic rings. The fraction of sp³-hybridized carbons (Fsp3) is 0.938. The Morgan fingerprint density at radius 3 is 2.57 bits per heavy atom. The van der Waals surface area contributed by atoms with Crippen molar-refractivity contribution >= 4 is 18.3 Å². The maximum absolute atomic E-state index is 12.2. The molecule has 0 bridgehead atoms. The topological polar surface area (TPSA) is 41.6 Å². The Labute approximate surface area is 135 Å². The highest BCUT2D eigenvalue weighted by molar-refractivity contribution is 5.85. The lowest BCUT2D eigenvalue weighted by atomic mass is 9.84. The second kappa shape index (κ2) is 9.65. The van der Waals surface area contributed by atoms with E-state index in [1.807, 2.05) is 11.9 Å². The number of carbonyl (C=O) groups excluding carboxylic acids is 1. The maximum Gasteiger partial charge on any atom is 0.222 e. The number of halogens is 1. The van der Waals surface area contributed by atoms with Crippen LogP contribution >= 0.6 is 12.4 Å². The number of carbonyl (C=O) groups is 1. The van der Waals surface area contributed by atoms with Crippen molar-refractivity contribution in [1.29, 1.82) is 0 Å².